The zero-order valence-electron chi connectivity index (χ0n) is 14.5. The van der Waals surface area contributed by atoms with Crippen molar-refractivity contribution in [1.29, 1.82) is 0 Å². The minimum atomic E-state index is -0.297. The number of hydrogen-bond donors (Lipinski definition) is 1. The Hall–Kier alpha value is -3.74. The van der Waals surface area contributed by atoms with E-state index in [-0.39, 0.29) is 18.0 Å². The lowest BCUT2D eigenvalue weighted by atomic mass is 10.1. The summed E-state index contributed by atoms with van der Waals surface area (Å²) in [7, 11) is 0. The number of fused-ring (bicyclic) bond motifs is 1. The van der Waals surface area contributed by atoms with Crippen LogP contribution in [0.3, 0.4) is 0 Å². The number of hydrogen-bond acceptors (Lipinski definition) is 5. The Kier molecular flexibility index (Phi) is 4.25. The molecular formula is C20H16N4O3. The zero-order chi connectivity index (χ0) is 18.8. The van der Waals surface area contributed by atoms with Gasteiger partial charge in [0.2, 0.25) is 18.2 Å². The van der Waals surface area contributed by atoms with Crippen LogP contribution < -0.4 is 10.9 Å². The fourth-order valence-electron chi connectivity index (χ4n) is 3.04. The molecule has 0 bridgehead atoms. The molecule has 7 heteroatoms. The topological polar surface area (TPSA) is 90.0 Å². The van der Waals surface area contributed by atoms with E-state index >= 15 is 0 Å². The van der Waals surface area contributed by atoms with E-state index in [2.05, 4.69) is 15.5 Å². The Morgan fingerprint density at radius 2 is 2.00 bits per heavy atom. The van der Waals surface area contributed by atoms with Crippen molar-refractivity contribution in [2.24, 2.45) is 0 Å². The maximum Gasteiger partial charge on any atom is 0.251 e. The highest BCUT2D eigenvalue weighted by molar-refractivity contribution is 5.92. The average Bonchev–Trinajstić information content (AvgIpc) is 3.20. The number of benzene rings is 2. The average molecular weight is 360 g/mol. The summed E-state index contributed by atoms with van der Waals surface area (Å²) in [5.41, 5.74) is 2.70. The summed E-state index contributed by atoms with van der Waals surface area (Å²) < 4.78 is 6.64. The van der Waals surface area contributed by atoms with Gasteiger partial charge in [0.05, 0.1) is 5.52 Å². The van der Waals surface area contributed by atoms with Gasteiger partial charge in [-0.3, -0.25) is 14.2 Å². The predicted octanol–water partition coefficient (Wildman–Crippen LogP) is 3.00. The summed E-state index contributed by atoms with van der Waals surface area (Å²) in [5, 5.41) is 11.3. The van der Waals surface area contributed by atoms with Crippen LogP contribution in [0, 0.1) is 6.92 Å². The molecule has 1 amide bonds. The van der Waals surface area contributed by atoms with Crippen molar-refractivity contribution in [3.8, 4) is 11.5 Å². The first kappa shape index (κ1) is 16.7. The van der Waals surface area contributed by atoms with E-state index in [0.29, 0.717) is 17.1 Å². The van der Waals surface area contributed by atoms with Crippen LogP contribution in [-0.2, 0) is 11.3 Å². The summed E-state index contributed by atoms with van der Waals surface area (Å²) in [6.45, 7) is 1.81. The van der Waals surface area contributed by atoms with Crippen LogP contribution in [0.5, 0.6) is 0 Å². The normalized spacial score (nSPS) is 10.9. The Morgan fingerprint density at radius 3 is 2.81 bits per heavy atom. The number of aromatic nitrogens is 3. The van der Waals surface area contributed by atoms with Crippen LogP contribution in [-0.4, -0.2) is 20.7 Å². The monoisotopic (exact) mass is 360 g/mol. The number of para-hydroxylation sites is 1. The van der Waals surface area contributed by atoms with Crippen LogP contribution in [0.15, 0.2) is 70.2 Å². The lowest BCUT2D eigenvalue weighted by molar-refractivity contribution is -0.116. The van der Waals surface area contributed by atoms with Crippen LogP contribution in [0.1, 0.15) is 5.56 Å². The molecule has 2 aromatic carbocycles. The van der Waals surface area contributed by atoms with Gasteiger partial charge in [0.15, 0.2) is 0 Å². The second-order valence-electron chi connectivity index (χ2n) is 6.14. The third-order valence-electron chi connectivity index (χ3n) is 4.28. The molecule has 0 atom stereocenters. The standard InChI is InChI=1S/C20H16N4O3/c1-13-9-19(26)24(17-8-3-2-7-16(13)17)11-18(25)22-15-6-4-5-14(10-15)20-23-21-12-27-20/h2-10,12H,11H2,1H3,(H,22,25). The van der Waals surface area contributed by atoms with E-state index in [9.17, 15) is 9.59 Å². The number of anilines is 1. The third-order valence-corrected chi connectivity index (χ3v) is 4.28. The first-order valence-corrected chi connectivity index (χ1v) is 8.37. The van der Waals surface area contributed by atoms with E-state index in [1.54, 1.807) is 30.3 Å². The number of amides is 1. The second-order valence-corrected chi connectivity index (χ2v) is 6.14. The van der Waals surface area contributed by atoms with E-state index in [1.165, 1.54) is 11.0 Å². The highest BCUT2D eigenvalue weighted by Crippen LogP contribution is 2.20. The van der Waals surface area contributed by atoms with Crippen molar-refractivity contribution in [3.05, 3.63) is 76.9 Å². The molecule has 2 heterocycles. The van der Waals surface area contributed by atoms with Crippen molar-refractivity contribution < 1.29 is 9.21 Å². The minimum Gasteiger partial charge on any atom is -0.423 e. The lowest BCUT2D eigenvalue weighted by Crippen LogP contribution is -2.27. The molecule has 0 aliphatic rings. The minimum absolute atomic E-state index is 0.0790. The van der Waals surface area contributed by atoms with Crippen molar-refractivity contribution in [1.82, 2.24) is 14.8 Å². The summed E-state index contributed by atoms with van der Waals surface area (Å²) in [4.78, 5) is 24.9. The van der Waals surface area contributed by atoms with Crippen molar-refractivity contribution in [2.75, 3.05) is 5.32 Å². The number of carbonyl (C=O) groups excluding carboxylic acids is 1. The highest BCUT2D eigenvalue weighted by atomic mass is 16.4. The van der Waals surface area contributed by atoms with Gasteiger partial charge in [0.25, 0.3) is 5.56 Å². The maximum atomic E-state index is 12.5. The van der Waals surface area contributed by atoms with E-state index in [0.717, 1.165) is 16.5 Å². The Bertz CT molecular complexity index is 1180. The number of aryl methyl sites for hydroxylation is 1. The van der Waals surface area contributed by atoms with Gasteiger partial charge in [0.1, 0.15) is 6.54 Å². The molecule has 1 N–H and O–H groups in total. The number of carbonyl (C=O) groups is 1. The summed E-state index contributed by atoms with van der Waals surface area (Å²) in [6, 6.07) is 16.2. The SMILES string of the molecule is Cc1cc(=O)n(CC(=O)Nc2cccc(-c3nnco3)c2)c2ccccc12. The van der Waals surface area contributed by atoms with Crippen molar-refractivity contribution in [2.45, 2.75) is 13.5 Å². The van der Waals surface area contributed by atoms with Crippen LogP contribution in [0.4, 0.5) is 5.69 Å². The van der Waals surface area contributed by atoms with Gasteiger partial charge in [-0.15, -0.1) is 10.2 Å². The molecule has 27 heavy (non-hydrogen) atoms. The lowest BCUT2D eigenvalue weighted by Gasteiger charge is -2.12. The Morgan fingerprint density at radius 1 is 1.15 bits per heavy atom. The zero-order valence-corrected chi connectivity index (χ0v) is 14.5. The fraction of sp³-hybridized carbons (Fsp3) is 0.100. The van der Waals surface area contributed by atoms with Gasteiger partial charge < -0.3 is 9.73 Å². The molecule has 0 aliphatic heterocycles. The van der Waals surface area contributed by atoms with Gasteiger partial charge >= 0.3 is 0 Å². The molecule has 4 rings (SSSR count). The van der Waals surface area contributed by atoms with Crippen molar-refractivity contribution in [3.63, 3.8) is 0 Å². The van der Waals surface area contributed by atoms with Crippen LogP contribution in [0.25, 0.3) is 22.4 Å². The molecule has 0 saturated carbocycles. The predicted molar refractivity (Wildman–Crippen MR) is 101 cm³/mol. The van der Waals surface area contributed by atoms with Gasteiger partial charge in [0, 0.05) is 22.7 Å². The first-order valence-electron chi connectivity index (χ1n) is 8.37. The quantitative estimate of drug-likeness (QED) is 0.604. The molecule has 0 fully saturated rings. The third kappa shape index (κ3) is 3.35. The molecule has 0 aliphatic carbocycles. The highest BCUT2D eigenvalue weighted by Gasteiger charge is 2.11. The van der Waals surface area contributed by atoms with Gasteiger partial charge in [-0.1, -0.05) is 24.3 Å². The largest absolute Gasteiger partial charge is 0.423 e. The van der Waals surface area contributed by atoms with Gasteiger partial charge in [-0.2, -0.15) is 0 Å². The Labute approximate surface area is 154 Å². The number of rotatable bonds is 4. The number of nitrogens with one attached hydrogen (secondary N) is 1. The van der Waals surface area contributed by atoms with Crippen LogP contribution >= 0.6 is 0 Å². The Balaban J connectivity index is 1.60. The van der Waals surface area contributed by atoms with Crippen LogP contribution in [0.2, 0.25) is 0 Å². The molecule has 0 radical (unpaired) electrons. The van der Waals surface area contributed by atoms with E-state index < -0.39 is 0 Å². The van der Waals surface area contributed by atoms with Crippen molar-refractivity contribution >= 4 is 22.5 Å². The number of pyridine rings is 1. The molecular weight excluding hydrogens is 344 g/mol. The molecule has 0 saturated heterocycles. The maximum absolute atomic E-state index is 12.5. The summed E-state index contributed by atoms with van der Waals surface area (Å²) >= 11 is 0. The molecule has 4 aromatic rings. The van der Waals surface area contributed by atoms with Gasteiger partial charge in [-0.05, 0) is 36.8 Å². The molecule has 134 valence electrons. The fourth-order valence-corrected chi connectivity index (χ4v) is 3.04. The van der Waals surface area contributed by atoms with E-state index in [1.807, 2.05) is 31.2 Å². The summed E-state index contributed by atoms with van der Waals surface area (Å²) in [6.07, 6.45) is 1.25. The van der Waals surface area contributed by atoms with E-state index in [4.69, 9.17) is 4.42 Å². The molecule has 0 unspecified atom stereocenters. The molecule has 2 aromatic heterocycles. The molecule has 7 nitrogen and oxygen atoms in total. The molecule has 0 spiro atoms. The first-order chi connectivity index (χ1) is 13.1. The smallest absolute Gasteiger partial charge is 0.251 e. The number of nitrogens with zero attached hydrogens (tertiary/aromatic N) is 3. The summed E-state index contributed by atoms with van der Waals surface area (Å²) in [5.74, 6) is 0.0700. The second kappa shape index (κ2) is 6.87. The van der Waals surface area contributed by atoms with Gasteiger partial charge in [-0.25, -0.2) is 0 Å².